The first-order valence-corrected chi connectivity index (χ1v) is 8.77. The summed E-state index contributed by atoms with van der Waals surface area (Å²) in [5.41, 5.74) is 2.47. The monoisotopic (exact) mass is 394 g/mol. The zero-order valence-corrected chi connectivity index (χ0v) is 15.6. The topological polar surface area (TPSA) is 68.2 Å². The molecule has 2 aromatic rings. The average molecular weight is 395 g/mol. The van der Waals surface area contributed by atoms with Crippen molar-refractivity contribution >= 4 is 21.8 Å². The molecule has 0 atom stereocenters. The summed E-state index contributed by atoms with van der Waals surface area (Å²) in [6, 6.07) is 7.86. The number of nitrogens with zero attached hydrogens (tertiary/aromatic N) is 2. The first-order valence-electron chi connectivity index (χ1n) is 7.98. The van der Waals surface area contributed by atoms with Crippen molar-refractivity contribution in [2.24, 2.45) is 0 Å². The second kappa shape index (κ2) is 9.56. The molecule has 7 heteroatoms. The molecule has 0 saturated carbocycles. The van der Waals surface area contributed by atoms with Gasteiger partial charge < -0.3 is 15.4 Å². The standard InChI is InChI=1S/C17H23BrN4O2/c1-3-16-15(17(23)20-9-8-19-10-11-24-2)12-21-22(16)14-6-4-13(18)5-7-14/h4-7,12,19H,3,8-11H2,1-2H3,(H,20,23). The van der Waals surface area contributed by atoms with Crippen LogP contribution in [0, 0.1) is 0 Å². The minimum Gasteiger partial charge on any atom is -0.383 e. The van der Waals surface area contributed by atoms with Crippen molar-refractivity contribution in [3.8, 4) is 5.69 Å². The molecule has 0 unspecified atom stereocenters. The highest BCUT2D eigenvalue weighted by molar-refractivity contribution is 9.10. The number of nitrogens with one attached hydrogen (secondary N) is 2. The zero-order chi connectivity index (χ0) is 17.4. The number of hydrogen-bond acceptors (Lipinski definition) is 4. The van der Waals surface area contributed by atoms with E-state index < -0.39 is 0 Å². The minimum atomic E-state index is -0.0937. The number of rotatable bonds is 9. The summed E-state index contributed by atoms with van der Waals surface area (Å²) in [5, 5.41) is 10.5. The van der Waals surface area contributed by atoms with Gasteiger partial charge in [-0.25, -0.2) is 4.68 Å². The first kappa shape index (κ1) is 18.6. The highest BCUT2D eigenvalue weighted by Gasteiger charge is 2.16. The molecule has 0 fully saturated rings. The van der Waals surface area contributed by atoms with E-state index in [0.29, 0.717) is 25.3 Å². The Labute approximate surface area is 150 Å². The SMILES string of the molecule is CCc1c(C(=O)NCCNCCOC)cnn1-c1ccc(Br)cc1. The van der Waals surface area contributed by atoms with Crippen LogP contribution in [0.5, 0.6) is 0 Å². The van der Waals surface area contributed by atoms with Crippen molar-refractivity contribution in [2.75, 3.05) is 33.4 Å². The summed E-state index contributed by atoms with van der Waals surface area (Å²) in [7, 11) is 1.67. The van der Waals surface area contributed by atoms with Crippen molar-refractivity contribution < 1.29 is 9.53 Å². The van der Waals surface area contributed by atoms with Gasteiger partial charge >= 0.3 is 0 Å². The van der Waals surface area contributed by atoms with Gasteiger partial charge in [0.15, 0.2) is 0 Å². The highest BCUT2D eigenvalue weighted by atomic mass is 79.9. The molecule has 0 aliphatic carbocycles. The number of hydrogen-bond donors (Lipinski definition) is 2. The molecule has 1 heterocycles. The molecule has 1 aromatic heterocycles. The van der Waals surface area contributed by atoms with Gasteiger partial charge in [-0.1, -0.05) is 22.9 Å². The molecular formula is C17H23BrN4O2. The summed E-state index contributed by atoms with van der Waals surface area (Å²) >= 11 is 3.43. The Bertz CT molecular complexity index is 655. The fourth-order valence-corrected chi connectivity index (χ4v) is 2.63. The van der Waals surface area contributed by atoms with E-state index in [-0.39, 0.29) is 5.91 Å². The van der Waals surface area contributed by atoms with E-state index in [0.717, 1.165) is 28.8 Å². The highest BCUT2D eigenvalue weighted by Crippen LogP contribution is 2.18. The second-order valence-electron chi connectivity index (χ2n) is 5.25. The lowest BCUT2D eigenvalue weighted by molar-refractivity contribution is 0.0952. The second-order valence-corrected chi connectivity index (χ2v) is 6.16. The van der Waals surface area contributed by atoms with Crippen LogP contribution in [0.25, 0.3) is 5.69 Å². The lowest BCUT2D eigenvalue weighted by Gasteiger charge is -2.09. The average Bonchev–Trinajstić information content (AvgIpc) is 3.02. The van der Waals surface area contributed by atoms with E-state index in [9.17, 15) is 4.79 Å². The molecule has 1 aromatic carbocycles. The lowest BCUT2D eigenvalue weighted by atomic mass is 10.2. The molecular weight excluding hydrogens is 372 g/mol. The molecule has 6 nitrogen and oxygen atoms in total. The van der Waals surface area contributed by atoms with Gasteiger partial charge in [0.05, 0.1) is 29.7 Å². The van der Waals surface area contributed by atoms with E-state index in [2.05, 4.69) is 31.7 Å². The van der Waals surface area contributed by atoms with Crippen molar-refractivity contribution in [1.29, 1.82) is 0 Å². The normalized spacial score (nSPS) is 10.8. The molecule has 0 bridgehead atoms. The fraction of sp³-hybridized carbons (Fsp3) is 0.412. The van der Waals surface area contributed by atoms with Gasteiger partial charge in [0.2, 0.25) is 0 Å². The number of amides is 1. The summed E-state index contributed by atoms with van der Waals surface area (Å²) in [5.74, 6) is -0.0937. The predicted molar refractivity (Wildman–Crippen MR) is 97.7 cm³/mol. The smallest absolute Gasteiger partial charge is 0.254 e. The molecule has 0 spiro atoms. The van der Waals surface area contributed by atoms with E-state index in [1.54, 1.807) is 13.3 Å². The molecule has 24 heavy (non-hydrogen) atoms. The fourth-order valence-electron chi connectivity index (χ4n) is 2.37. The van der Waals surface area contributed by atoms with Gasteiger partial charge in [-0.2, -0.15) is 5.10 Å². The van der Waals surface area contributed by atoms with Crippen molar-refractivity contribution in [3.05, 3.63) is 46.2 Å². The van der Waals surface area contributed by atoms with Crippen molar-refractivity contribution in [2.45, 2.75) is 13.3 Å². The van der Waals surface area contributed by atoms with Gasteiger partial charge in [0, 0.05) is 31.2 Å². The number of aromatic nitrogens is 2. The number of benzene rings is 1. The third-order valence-electron chi connectivity index (χ3n) is 3.59. The van der Waals surface area contributed by atoms with Gasteiger partial charge in [0.1, 0.15) is 0 Å². The first-order chi connectivity index (χ1) is 11.7. The van der Waals surface area contributed by atoms with Gasteiger partial charge in [-0.15, -0.1) is 0 Å². The number of halogens is 1. The Morgan fingerprint density at radius 2 is 2.00 bits per heavy atom. The van der Waals surface area contributed by atoms with Gasteiger partial charge in [-0.05, 0) is 30.7 Å². The van der Waals surface area contributed by atoms with Crippen LogP contribution >= 0.6 is 15.9 Å². The van der Waals surface area contributed by atoms with Gasteiger partial charge in [-0.3, -0.25) is 4.79 Å². The summed E-state index contributed by atoms with van der Waals surface area (Å²) in [6.07, 6.45) is 2.36. The van der Waals surface area contributed by atoms with Crippen LogP contribution in [0.1, 0.15) is 23.0 Å². The van der Waals surface area contributed by atoms with Gasteiger partial charge in [0.25, 0.3) is 5.91 Å². The molecule has 0 saturated heterocycles. The maximum absolute atomic E-state index is 12.4. The molecule has 2 N–H and O–H groups in total. The maximum Gasteiger partial charge on any atom is 0.254 e. The quantitative estimate of drug-likeness (QED) is 0.639. The summed E-state index contributed by atoms with van der Waals surface area (Å²) < 4.78 is 7.78. The molecule has 1 amide bonds. The summed E-state index contributed by atoms with van der Waals surface area (Å²) in [4.78, 5) is 12.4. The number of ether oxygens (including phenoxy) is 1. The minimum absolute atomic E-state index is 0.0937. The largest absolute Gasteiger partial charge is 0.383 e. The van der Waals surface area contributed by atoms with Crippen LogP contribution in [0.4, 0.5) is 0 Å². The van der Waals surface area contributed by atoms with Crippen molar-refractivity contribution in [1.82, 2.24) is 20.4 Å². The van der Waals surface area contributed by atoms with Crippen molar-refractivity contribution in [3.63, 3.8) is 0 Å². The van der Waals surface area contributed by atoms with Crippen LogP contribution < -0.4 is 10.6 Å². The Kier molecular flexibility index (Phi) is 7.42. The van der Waals surface area contributed by atoms with Crippen LogP contribution in [0.3, 0.4) is 0 Å². The van der Waals surface area contributed by atoms with E-state index in [4.69, 9.17) is 4.74 Å². The molecule has 130 valence electrons. The van der Waals surface area contributed by atoms with Crippen LogP contribution in [-0.4, -0.2) is 49.0 Å². The Morgan fingerprint density at radius 3 is 2.67 bits per heavy atom. The third-order valence-corrected chi connectivity index (χ3v) is 4.12. The maximum atomic E-state index is 12.4. The lowest BCUT2D eigenvalue weighted by Crippen LogP contribution is -2.33. The summed E-state index contributed by atoms with van der Waals surface area (Å²) in [6.45, 7) is 4.73. The number of carbonyl (C=O) groups excluding carboxylic acids is 1. The Balaban J connectivity index is 2.00. The Morgan fingerprint density at radius 1 is 1.25 bits per heavy atom. The molecule has 2 rings (SSSR count). The Hall–Kier alpha value is -1.70. The van der Waals surface area contributed by atoms with Crippen LogP contribution in [-0.2, 0) is 11.2 Å². The zero-order valence-electron chi connectivity index (χ0n) is 14.0. The van der Waals surface area contributed by atoms with E-state index in [1.165, 1.54) is 0 Å². The molecule has 0 aliphatic heterocycles. The number of carbonyl (C=O) groups is 1. The molecule has 0 aliphatic rings. The number of methoxy groups -OCH3 is 1. The van der Waals surface area contributed by atoms with E-state index in [1.807, 2.05) is 35.9 Å². The van der Waals surface area contributed by atoms with Crippen LogP contribution in [0.15, 0.2) is 34.9 Å². The molecule has 0 radical (unpaired) electrons. The third kappa shape index (κ3) is 4.90. The van der Waals surface area contributed by atoms with E-state index >= 15 is 0 Å². The van der Waals surface area contributed by atoms with Crippen LogP contribution in [0.2, 0.25) is 0 Å². The predicted octanol–water partition coefficient (Wildman–Crippen LogP) is 2.16.